The van der Waals surface area contributed by atoms with Crippen LogP contribution < -0.4 is 0 Å². The van der Waals surface area contributed by atoms with E-state index >= 15 is 0 Å². The molecule has 0 spiro atoms. The number of hydrogen-bond acceptors (Lipinski definition) is 5. The minimum atomic E-state index is -3.84. The highest BCUT2D eigenvalue weighted by atomic mass is 32.2. The molecule has 1 aromatic carbocycles. The largest absolute Gasteiger partial charge is 0.462 e. The molecule has 0 saturated heterocycles. The van der Waals surface area contributed by atoms with Gasteiger partial charge in [-0.05, 0) is 24.5 Å². The van der Waals surface area contributed by atoms with Gasteiger partial charge in [0.2, 0.25) is 0 Å². The van der Waals surface area contributed by atoms with Crippen molar-refractivity contribution in [3.8, 4) is 0 Å². The van der Waals surface area contributed by atoms with Gasteiger partial charge in [-0.25, -0.2) is 13.2 Å². The van der Waals surface area contributed by atoms with E-state index in [0.29, 0.717) is 13.0 Å². The average molecular weight is 335 g/mol. The molecule has 1 aromatic heterocycles. The second kappa shape index (κ2) is 6.13. The Bertz CT molecular complexity index is 829. The lowest BCUT2D eigenvalue weighted by Gasteiger charge is -2.27. The number of esters is 1. The molecule has 0 bridgehead atoms. The third-order valence-corrected chi connectivity index (χ3v) is 5.61. The number of nitrogens with zero attached hydrogens (tertiary/aromatic N) is 2. The van der Waals surface area contributed by atoms with Crippen LogP contribution in [0.2, 0.25) is 0 Å². The molecule has 0 unspecified atom stereocenters. The molecule has 1 aliphatic rings. The number of aromatic nitrogens is 2. The van der Waals surface area contributed by atoms with E-state index in [0.717, 1.165) is 11.1 Å². The highest BCUT2D eigenvalue weighted by Gasteiger charge is 2.33. The zero-order chi connectivity index (χ0) is 16.4. The number of fused-ring (bicyclic) bond motifs is 1. The monoisotopic (exact) mass is 335 g/mol. The van der Waals surface area contributed by atoms with Crippen LogP contribution in [-0.4, -0.2) is 42.0 Å². The van der Waals surface area contributed by atoms with Crippen LogP contribution in [-0.2, 0) is 27.7 Å². The maximum absolute atomic E-state index is 12.8. The Kier molecular flexibility index (Phi) is 4.18. The van der Waals surface area contributed by atoms with Crippen LogP contribution in [0.5, 0.6) is 0 Å². The standard InChI is InChI=1S/C15H17N3O4S/c1-2-22-15(19)13-9-16-17-14(13)23(20,21)18-8-7-11-5-3-4-6-12(11)10-18/h3-6,9H,2,7-8,10H2,1H3,(H,16,17). The van der Waals surface area contributed by atoms with E-state index in [4.69, 9.17) is 4.74 Å². The lowest BCUT2D eigenvalue weighted by Crippen LogP contribution is -2.36. The minimum Gasteiger partial charge on any atom is -0.462 e. The second-order valence-electron chi connectivity index (χ2n) is 5.19. The van der Waals surface area contributed by atoms with Crippen LogP contribution in [0.15, 0.2) is 35.5 Å². The van der Waals surface area contributed by atoms with Crippen molar-refractivity contribution >= 4 is 16.0 Å². The summed E-state index contributed by atoms with van der Waals surface area (Å²) in [6, 6.07) is 7.74. The van der Waals surface area contributed by atoms with Gasteiger partial charge < -0.3 is 4.74 Å². The fourth-order valence-electron chi connectivity index (χ4n) is 2.63. The fourth-order valence-corrected chi connectivity index (χ4v) is 4.11. The highest BCUT2D eigenvalue weighted by molar-refractivity contribution is 7.89. The number of sulfonamides is 1. The number of aromatic amines is 1. The van der Waals surface area contributed by atoms with Crippen LogP contribution in [0.25, 0.3) is 0 Å². The number of nitrogens with one attached hydrogen (secondary N) is 1. The van der Waals surface area contributed by atoms with Crippen molar-refractivity contribution in [1.82, 2.24) is 14.5 Å². The summed E-state index contributed by atoms with van der Waals surface area (Å²) < 4.78 is 31.9. The lowest BCUT2D eigenvalue weighted by molar-refractivity contribution is 0.0521. The minimum absolute atomic E-state index is 0.0642. The molecule has 0 radical (unpaired) electrons. The molecule has 0 aliphatic carbocycles. The molecule has 0 saturated carbocycles. The first kappa shape index (κ1) is 15.7. The van der Waals surface area contributed by atoms with Gasteiger partial charge in [0.25, 0.3) is 10.0 Å². The van der Waals surface area contributed by atoms with Crippen molar-refractivity contribution in [1.29, 1.82) is 0 Å². The predicted molar refractivity (Wildman–Crippen MR) is 82.3 cm³/mol. The van der Waals surface area contributed by atoms with Crippen molar-refractivity contribution in [2.24, 2.45) is 0 Å². The maximum Gasteiger partial charge on any atom is 0.342 e. The molecule has 1 N–H and O–H groups in total. The van der Waals surface area contributed by atoms with Crippen molar-refractivity contribution < 1.29 is 17.9 Å². The first-order valence-corrected chi connectivity index (χ1v) is 8.75. The Morgan fingerprint density at radius 3 is 2.83 bits per heavy atom. The zero-order valence-corrected chi connectivity index (χ0v) is 13.5. The van der Waals surface area contributed by atoms with Gasteiger partial charge >= 0.3 is 5.97 Å². The summed E-state index contributed by atoms with van der Waals surface area (Å²) in [5.41, 5.74) is 2.06. The van der Waals surface area contributed by atoms with Crippen molar-refractivity contribution in [3.05, 3.63) is 47.2 Å². The van der Waals surface area contributed by atoms with E-state index < -0.39 is 16.0 Å². The van der Waals surface area contributed by atoms with Gasteiger partial charge in [-0.2, -0.15) is 9.40 Å². The summed E-state index contributed by atoms with van der Waals surface area (Å²) in [5, 5.41) is 5.91. The SMILES string of the molecule is CCOC(=O)c1cn[nH]c1S(=O)(=O)N1CCc2ccccc2C1. The van der Waals surface area contributed by atoms with Gasteiger partial charge in [0.15, 0.2) is 5.03 Å². The van der Waals surface area contributed by atoms with Crippen molar-refractivity contribution in [3.63, 3.8) is 0 Å². The van der Waals surface area contributed by atoms with Crippen molar-refractivity contribution in [2.45, 2.75) is 24.9 Å². The number of carbonyl (C=O) groups excluding carboxylic acids is 1. The van der Waals surface area contributed by atoms with E-state index in [1.54, 1.807) is 6.92 Å². The first-order chi connectivity index (χ1) is 11.0. The summed E-state index contributed by atoms with van der Waals surface area (Å²) in [6.07, 6.45) is 1.82. The highest BCUT2D eigenvalue weighted by Crippen LogP contribution is 2.25. The molecule has 0 amide bonds. The topological polar surface area (TPSA) is 92.4 Å². The number of rotatable bonds is 4. The van der Waals surface area contributed by atoms with Gasteiger partial charge in [-0.15, -0.1) is 0 Å². The molecule has 0 fully saturated rings. The van der Waals surface area contributed by atoms with E-state index in [2.05, 4.69) is 10.2 Å². The van der Waals surface area contributed by atoms with Crippen molar-refractivity contribution in [2.75, 3.05) is 13.2 Å². The van der Waals surface area contributed by atoms with Gasteiger partial charge in [0.05, 0.1) is 12.8 Å². The maximum atomic E-state index is 12.8. The molecule has 3 rings (SSSR count). The molecule has 7 nitrogen and oxygen atoms in total. The molecule has 23 heavy (non-hydrogen) atoms. The van der Waals surface area contributed by atoms with Gasteiger partial charge in [0, 0.05) is 13.1 Å². The summed E-state index contributed by atoms with van der Waals surface area (Å²) in [7, 11) is -3.84. The normalized spacial score (nSPS) is 15.2. The molecule has 1 aliphatic heterocycles. The lowest BCUT2D eigenvalue weighted by atomic mass is 10.0. The van der Waals surface area contributed by atoms with E-state index in [1.165, 1.54) is 10.5 Å². The number of hydrogen-bond donors (Lipinski definition) is 1. The Hall–Kier alpha value is -2.19. The molecular weight excluding hydrogens is 318 g/mol. The number of ether oxygens (including phenoxy) is 1. The summed E-state index contributed by atoms with van der Waals surface area (Å²) in [5.74, 6) is -0.697. The van der Waals surface area contributed by atoms with Crippen LogP contribution >= 0.6 is 0 Å². The third-order valence-electron chi connectivity index (χ3n) is 3.79. The number of carbonyl (C=O) groups is 1. The van der Waals surface area contributed by atoms with E-state index in [1.807, 2.05) is 24.3 Å². The van der Waals surface area contributed by atoms with Crippen LogP contribution in [0.3, 0.4) is 0 Å². The molecule has 8 heteroatoms. The molecule has 2 aromatic rings. The third kappa shape index (κ3) is 2.87. The summed E-state index contributed by atoms with van der Waals surface area (Å²) >= 11 is 0. The molecule has 122 valence electrons. The average Bonchev–Trinajstić information content (AvgIpc) is 3.05. The Balaban J connectivity index is 1.92. The zero-order valence-electron chi connectivity index (χ0n) is 12.7. The molecule has 2 heterocycles. The van der Waals surface area contributed by atoms with Gasteiger partial charge in [0.1, 0.15) is 5.56 Å². The second-order valence-corrected chi connectivity index (χ2v) is 7.07. The Labute approximate surface area is 134 Å². The van der Waals surface area contributed by atoms with E-state index in [-0.39, 0.29) is 23.7 Å². The predicted octanol–water partition coefficient (Wildman–Crippen LogP) is 1.33. The summed E-state index contributed by atoms with van der Waals surface area (Å²) in [6.45, 7) is 2.47. The van der Waals surface area contributed by atoms with Gasteiger partial charge in [-0.3, -0.25) is 5.10 Å². The van der Waals surface area contributed by atoms with Crippen LogP contribution in [0.4, 0.5) is 0 Å². The number of H-pyrrole nitrogens is 1. The first-order valence-electron chi connectivity index (χ1n) is 7.31. The molecular formula is C15H17N3O4S. The summed E-state index contributed by atoms with van der Waals surface area (Å²) in [4.78, 5) is 11.9. The number of benzene rings is 1. The Morgan fingerprint density at radius 2 is 2.09 bits per heavy atom. The van der Waals surface area contributed by atoms with Gasteiger partial charge in [-0.1, -0.05) is 24.3 Å². The van der Waals surface area contributed by atoms with Crippen LogP contribution in [0, 0.1) is 0 Å². The molecule has 0 atom stereocenters. The fraction of sp³-hybridized carbons (Fsp3) is 0.333. The smallest absolute Gasteiger partial charge is 0.342 e. The quantitative estimate of drug-likeness (QED) is 0.851. The van der Waals surface area contributed by atoms with E-state index in [9.17, 15) is 13.2 Å². The van der Waals surface area contributed by atoms with Crippen LogP contribution in [0.1, 0.15) is 28.4 Å². The Morgan fingerprint density at radius 1 is 1.35 bits per heavy atom.